The molecule has 1 atom stereocenters. The predicted molar refractivity (Wildman–Crippen MR) is 106 cm³/mol. The Morgan fingerprint density at radius 2 is 2.00 bits per heavy atom. The molecule has 0 aliphatic carbocycles. The molecular formula is C19H27ClN4O2. The lowest BCUT2D eigenvalue weighted by molar-refractivity contribution is 0.0702. The molecule has 0 saturated carbocycles. The zero-order chi connectivity index (χ0) is 17.8. The number of benzene rings is 1. The number of fused-ring (bicyclic) bond motifs is 1. The minimum Gasteiger partial charge on any atom is -0.336 e. The number of aromatic nitrogens is 2. The van der Waals surface area contributed by atoms with E-state index in [2.05, 4.69) is 12.0 Å². The fourth-order valence-electron chi connectivity index (χ4n) is 3.40. The van der Waals surface area contributed by atoms with Crippen molar-refractivity contribution in [3.8, 4) is 0 Å². The molecule has 1 aliphatic heterocycles. The Hall–Kier alpha value is -1.92. The van der Waals surface area contributed by atoms with E-state index < -0.39 is 0 Å². The lowest BCUT2D eigenvalue weighted by atomic mass is 10.1. The van der Waals surface area contributed by atoms with E-state index in [1.165, 1.54) is 4.68 Å². The fourth-order valence-corrected chi connectivity index (χ4v) is 3.40. The topological polar surface area (TPSA) is 81.2 Å². The fraction of sp³-hybridized carbons (Fsp3) is 0.526. The summed E-state index contributed by atoms with van der Waals surface area (Å²) in [6.45, 7) is 3.89. The Bertz CT molecular complexity index is 821. The molecule has 7 heteroatoms. The number of unbranched alkanes of at least 4 members (excludes halogenated alkanes) is 2. The summed E-state index contributed by atoms with van der Waals surface area (Å²) in [5.74, 6) is -0.129. The summed E-state index contributed by atoms with van der Waals surface area (Å²) in [4.78, 5) is 27.5. The normalized spacial score (nSPS) is 17.2. The zero-order valence-electron chi connectivity index (χ0n) is 15.2. The lowest BCUT2D eigenvalue weighted by Gasteiger charge is -2.30. The maximum atomic E-state index is 13.0. The van der Waals surface area contributed by atoms with Crippen LogP contribution in [-0.4, -0.2) is 39.7 Å². The van der Waals surface area contributed by atoms with E-state index in [0.717, 1.165) is 32.1 Å². The average Bonchev–Trinajstić information content (AvgIpc) is 2.63. The van der Waals surface area contributed by atoms with Crippen molar-refractivity contribution in [3.05, 3.63) is 40.3 Å². The van der Waals surface area contributed by atoms with Crippen LogP contribution in [0.25, 0.3) is 10.8 Å². The number of rotatable bonds is 5. The molecule has 2 aromatic rings. The molecule has 1 saturated heterocycles. The largest absolute Gasteiger partial charge is 0.336 e. The highest BCUT2D eigenvalue weighted by Crippen LogP contribution is 2.18. The third kappa shape index (κ3) is 4.24. The summed E-state index contributed by atoms with van der Waals surface area (Å²) >= 11 is 0. The van der Waals surface area contributed by atoms with Gasteiger partial charge in [0, 0.05) is 31.1 Å². The molecule has 0 bridgehead atoms. The van der Waals surface area contributed by atoms with Crippen molar-refractivity contribution in [1.82, 2.24) is 14.7 Å². The lowest BCUT2D eigenvalue weighted by Crippen LogP contribution is -2.46. The predicted octanol–water partition coefficient (Wildman–Crippen LogP) is 2.57. The van der Waals surface area contributed by atoms with Gasteiger partial charge < -0.3 is 10.6 Å². The quantitative estimate of drug-likeness (QED) is 0.811. The molecule has 1 amide bonds. The molecule has 0 radical (unpaired) electrons. The van der Waals surface area contributed by atoms with Crippen LogP contribution in [-0.2, 0) is 6.54 Å². The molecule has 1 aliphatic rings. The maximum absolute atomic E-state index is 13.0. The van der Waals surface area contributed by atoms with Crippen LogP contribution in [0.4, 0.5) is 0 Å². The molecule has 2 heterocycles. The molecule has 0 spiro atoms. The van der Waals surface area contributed by atoms with Gasteiger partial charge in [0.2, 0.25) is 0 Å². The van der Waals surface area contributed by atoms with Crippen LogP contribution in [0.3, 0.4) is 0 Å². The summed E-state index contributed by atoms with van der Waals surface area (Å²) in [5, 5.41) is 5.63. The van der Waals surface area contributed by atoms with E-state index in [1.54, 1.807) is 17.0 Å². The van der Waals surface area contributed by atoms with Crippen LogP contribution >= 0.6 is 12.4 Å². The number of nitrogens with zero attached hydrogens (tertiary/aromatic N) is 3. The highest BCUT2D eigenvalue weighted by atomic mass is 35.5. The Balaban J connectivity index is 0.00000243. The maximum Gasteiger partial charge on any atom is 0.275 e. The minimum absolute atomic E-state index is 0. The standard InChI is InChI=1S/C19H26N4O2.ClH/c1-2-3-6-12-23-18(24)16-10-5-4-9-15(16)17(21-23)19(25)22-11-7-8-14(20)13-22;/h4-5,9-10,14H,2-3,6-8,11-13,20H2,1H3;1H. The van der Waals surface area contributed by atoms with Crippen molar-refractivity contribution in [3.63, 3.8) is 0 Å². The van der Waals surface area contributed by atoms with Crippen LogP contribution in [0.5, 0.6) is 0 Å². The third-order valence-corrected chi connectivity index (χ3v) is 4.79. The van der Waals surface area contributed by atoms with E-state index in [-0.39, 0.29) is 29.9 Å². The summed E-state index contributed by atoms with van der Waals surface area (Å²) < 4.78 is 1.45. The molecule has 1 unspecified atom stereocenters. The van der Waals surface area contributed by atoms with E-state index in [0.29, 0.717) is 36.1 Å². The van der Waals surface area contributed by atoms with E-state index in [9.17, 15) is 9.59 Å². The van der Waals surface area contributed by atoms with E-state index in [4.69, 9.17) is 5.73 Å². The van der Waals surface area contributed by atoms with Crippen LogP contribution in [0, 0.1) is 0 Å². The van der Waals surface area contributed by atoms with Crippen molar-refractivity contribution >= 4 is 29.1 Å². The number of amides is 1. The van der Waals surface area contributed by atoms with Gasteiger partial charge in [0.05, 0.1) is 5.39 Å². The second-order valence-electron chi connectivity index (χ2n) is 6.78. The van der Waals surface area contributed by atoms with Crippen LogP contribution in [0.1, 0.15) is 49.5 Å². The van der Waals surface area contributed by atoms with Crippen LogP contribution in [0.2, 0.25) is 0 Å². The van der Waals surface area contributed by atoms with Gasteiger partial charge in [-0.2, -0.15) is 5.10 Å². The number of carbonyl (C=O) groups is 1. The number of piperidine rings is 1. The Morgan fingerprint density at radius 1 is 1.27 bits per heavy atom. The molecule has 3 rings (SSSR count). The average molecular weight is 379 g/mol. The smallest absolute Gasteiger partial charge is 0.275 e. The molecule has 1 aromatic heterocycles. The molecule has 2 N–H and O–H groups in total. The number of likely N-dealkylation sites (tertiary alicyclic amines) is 1. The van der Waals surface area contributed by atoms with Crippen LogP contribution < -0.4 is 11.3 Å². The van der Waals surface area contributed by atoms with Crippen molar-refractivity contribution in [2.75, 3.05) is 13.1 Å². The first-order valence-electron chi connectivity index (χ1n) is 9.16. The van der Waals surface area contributed by atoms with Gasteiger partial charge in [-0.3, -0.25) is 9.59 Å². The monoisotopic (exact) mass is 378 g/mol. The van der Waals surface area contributed by atoms with Gasteiger partial charge in [0.25, 0.3) is 11.5 Å². The highest BCUT2D eigenvalue weighted by Gasteiger charge is 2.26. The van der Waals surface area contributed by atoms with Crippen molar-refractivity contribution in [2.45, 2.75) is 51.6 Å². The number of nitrogens with two attached hydrogens (primary N) is 1. The number of hydrogen-bond donors (Lipinski definition) is 1. The third-order valence-electron chi connectivity index (χ3n) is 4.79. The molecule has 6 nitrogen and oxygen atoms in total. The molecule has 1 aromatic carbocycles. The SMILES string of the molecule is CCCCCn1nc(C(=O)N2CCCC(N)C2)c2ccccc2c1=O.Cl. The Morgan fingerprint density at radius 3 is 2.69 bits per heavy atom. The first-order valence-corrected chi connectivity index (χ1v) is 9.16. The molecule has 1 fully saturated rings. The van der Waals surface area contributed by atoms with Gasteiger partial charge in [0.1, 0.15) is 0 Å². The number of hydrogen-bond acceptors (Lipinski definition) is 4. The second-order valence-corrected chi connectivity index (χ2v) is 6.78. The number of aryl methyl sites for hydroxylation is 1. The van der Waals surface area contributed by atoms with Gasteiger partial charge in [-0.25, -0.2) is 4.68 Å². The summed E-state index contributed by atoms with van der Waals surface area (Å²) in [7, 11) is 0. The van der Waals surface area contributed by atoms with Crippen LogP contribution in [0.15, 0.2) is 29.1 Å². The first-order chi connectivity index (χ1) is 12.1. The molecule has 142 valence electrons. The van der Waals surface area contributed by atoms with Gasteiger partial charge >= 0.3 is 0 Å². The van der Waals surface area contributed by atoms with Gasteiger partial charge in [-0.1, -0.05) is 38.0 Å². The summed E-state index contributed by atoms with van der Waals surface area (Å²) in [6.07, 6.45) is 4.82. The summed E-state index contributed by atoms with van der Waals surface area (Å²) in [5.41, 5.74) is 6.25. The van der Waals surface area contributed by atoms with Gasteiger partial charge in [-0.15, -0.1) is 12.4 Å². The van der Waals surface area contributed by atoms with Crippen molar-refractivity contribution in [1.29, 1.82) is 0 Å². The van der Waals surface area contributed by atoms with E-state index in [1.807, 2.05) is 12.1 Å². The van der Waals surface area contributed by atoms with E-state index >= 15 is 0 Å². The second kappa shape index (κ2) is 9.14. The minimum atomic E-state index is -0.129. The van der Waals surface area contributed by atoms with Crippen molar-refractivity contribution < 1.29 is 4.79 Å². The Labute approximate surface area is 159 Å². The van der Waals surface area contributed by atoms with Crippen molar-refractivity contribution in [2.24, 2.45) is 5.73 Å². The van der Waals surface area contributed by atoms with Gasteiger partial charge in [-0.05, 0) is 25.3 Å². The Kier molecular flexibility index (Phi) is 7.17. The highest BCUT2D eigenvalue weighted by molar-refractivity contribution is 6.04. The zero-order valence-corrected chi connectivity index (χ0v) is 16.0. The number of carbonyl (C=O) groups excluding carboxylic acids is 1. The van der Waals surface area contributed by atoms with Gasteiger partial charge in [0.15, 0.2) is 5.69 Å². The molecular weight excluding hydrogens is 352 g/mol. The molecule has 26 heavy (non-hydrogen) atoms. The summed E-state index contributed by atoms with van der Waals surface area (Å²) in [6, 6.07) is 7.25. The number of halogens is 1. The first kappa shape index (κ1) is 20.4.